The average molecular weight is 366 g/mol. The summed E-state index contributed by atoms with van der Waals surface area (Å²) in [6.07, 6.45) is 2.16. The van der Waals surface area contributed by atoms with Gasteiger partial charge in [0.05, 0.1) is 21.3 Å². The van der Waals surface area contributed by atoms with Crippen LogP contribution in [-0.4, -0.2) is 33.8 Å². The molecule has 1 amide bonds. The molecule has 0 saturated heterocycles. The Balaban J connectivity index is 2.17. The van der Waals surface area contributed by atoms with Gasteiger partial charge in [-0.3, -0.25) is 4.79 Å². The van der Waals surface area contributed by atoms with E-state index in [1.165, 1.54) is 27.4 Å². The predicted molar refractivity (Wildman–Crippen MR) is 103 cm³/mol. The predicted octanol–water partition coefficient (Wildman–Crippen LogP) is 2.98. The van der Waals surface area contributed by atoms with Crippen molar-refractivity contribution in [2.24, 2.45) is 0 Å². The summed E-state index contributed by atoms with van der Waals surface area (Å²) in [6.45, 7) is 0.435. The Labute approximate surface area is 159 Å². The molecule has 27 heavy (non-hydrogen) atoms. The quantitative estimate of drug-likeness (QED) is 0.574. The number of nitriles is 1. The molecule has 0 fully saturated rings. The number of nitrogens with one attached hydrogen (secondary N) is 1. The Hall–Kier alpha value is -3.46. The molecular formula is C21H22N2O4. The monoisotopic (exact) mass is 366 g/mol. The standard InChI is InChI=1S/C21H22N2O4/c1-25-18-13-20(27-3)19(26-2)12-16(18)11-17(14-22)21(24)23-10-9-15-7-5-4-6-8-15/h4-8,11-13H,9-10H2,1-3H3,(H,23,24)/b17-11+. The van der Waals surface area contributed by atoms with Crippen molar-refractivity contribution < 1.29 is 19.0 Å². The summed E-state index contributed by atoms with van der Waals surface area (Å²) in [5, 5.41) is 12.2. The number of nitrogens with zero attached hydrogens (tertiary/aromatic N) is 1. The molecule has 0 aliphatic carbocycles. The molecule has 0 radical (unpaired) electrons. The fourth-order valence-corrected chi connectivity index (χ4v) is 2.53. The van der Waals surface area contributed by atoms with Crippen LogP contribution >= 0.6 is 0 Å². The lowest BCUT2D eigenvalue weighted by atomic mass is 10.1. The SMILES string of the molecule is COc1cc(OC)c(OC)cc1/C=C(\C#N)C(=O)NCCc1ccccc1. The highest BCUT2D eigenvalue weighted by atomic mass is 16.5. The van der Waals surface area contributed by atoms with Crippen LogP contribution in [0.1, 0.15) is 11.1 Å². The summed E-state index contributed by atoms with van der Waals surface area (Å²) in [4.78, 5) is 12.3. The van der Waals surface area contributed by atoms with Crippen LogP contribution in [0.3, 0.4) is 0 Å². The summed E-state index contributed by atoms with van der Waals surface area (Å²) in [6, 6.07) is 15.0. The van der Waals surface area contributed by atoms with Gasteiger partial charge in [0.15, 0.2) is 11.5 Å². The van der Waals surface area contributed by atoms with E-state index in [-0.39, 0.29) is 5.57 Å². The van der Waals surface area contributed by atoms with Crippen LogP contribution in [0.25, 0.3) is 6.08 Å². The van der Waals surface area contributed by atoms with Gasteiger partial charge < -0.3 is 19.5 Å². The van der Waals surface area contributed by atoms with Gasteiger partial charge in [-0.15, -0.1) is 0 Å². The minimum atomic E-state index is -0.440. The fourth-order valence-electron chi connectivity index (χ4n) is 2.53. The van der Waals surface area contributed by atoms with Crippen molar-refractivity contribution in [2.45, 2.75) is 6.42 Å². The Morgan fingerprint density at radius 3 is 2.26 bits per heavy atom. The molecule has 1 N–H and O–H groups in total. The molecule has 6 heteroatoms. The van der Waals surface area contributed by atoms with Crippen LogP contribution in [0.2, 0.25) is 0 Å². The van der Waals surface area contributed by atoms with Crippen LogP contribution in [0, 0.1) is 11.3 Å². The first kappa shape index (κ1) is 19.9. The number of carbonyl (C=O) groups is 1. The second-order valence-electron chi connectivity index (χ2n) is 5.61. The van der Waals surface area contributed by atoms with Gasteiger partial charge in [0.2, 0.25) is 0 Å². The van der Waals surface area contributed by atoms with Crippen LogP contribution in [0.15, 0.2) is 48.0 Å². The van der Waals surface area contributed by atoms with E-state index in [0.717, 1.165) is 5.56 Å². The van der Waals surface area contributed by atoms with E-state index in [9.17, 15) is 10.1 Å². The third-order valence-corrected chi connectivity index (χ3v) is 3.94. The molecule has 0 atom stereocenters. The zero-order chi connectivity index (χ0) is 19.6. The van der Waals surface area contributed by atoms with Gasteiger partial charge >= 0.3 is 0 Å². The van der Waals surface area contributed by atoms with Crippen molar-refractivity contribution in [3.05, 3.63) is 59.2 Å². The summed E-state index contributed by atoms with van der Waals surface area (Å²) in [5.74, 6) is 1.01. The van der Waals surface area contributed by atoms with Crippen molar-refractivity contribution >= 4 is 12.0 Å². The van der Waals surface area contributed by atoms with Gasteiger partial charge in [0, 0.05) is 18.2 Å². The third kappa shape index (κ3) is 5.25. The first-order valence-electron chi connectivity index (χ1n) is 8.36. The molecule has 140 valence electrons. The second kappa shape index (κ2) is 9.88. The normalized spacial score (nSPS) is 10.7. The van der Waals surface area contributed by atoms with Gasteiger partial charge in [0.25, 0.3) is 5.91 Å². The topological polar surface area (TPSA) is 80.6 Å². The fraction of sp³-hybridized carbons (Fsp3) is 0.238. The molecule has 6 nitrogen and oxygen atoms in total. The minimum Gasteiger partial charge on any atom is -0.496 e. The lowest BCUT2D eigenvalue weighted by molar-refractivity contribution is -0.117. The Kier molecular flexibility index (Phi) is 7.26. The van der Waals surface area contributed by atoms with Gasteiger partial charge in [-0.25, -0.2) is 0 Å². The van der Waals surface area contributed by atoms with Crippen molar-refractivity contribution in [3.63, 3.8) is 0 Å². The molecule has 2 rings (SSSR count). The maximum atomic E-state index is 12.3. The smallest absolute Gasteiger partial charge is 0.261 e. The molecule has 0 aliphatic heterocycles. The molecule has 0 unspecified atom stereocenters. The number of carbonyl (C=O) groups excluding carboxylic acids is 1. The molecular weight excluding hydrogens is 344 g/mol. The van der Waals surface area contributed by atoms with Gasteiger partial charge in [-0.1, -0.05) is 30.3 Å². The first-order chi connectivity index (χ1) is 13.1. The molecule has 0 aromatic heterocycles. The largest absolute Gasteiger partial charge is 0.496 e. The number of ether oxygens (including phenoxy) is 3. The van der Waals surface area contributed by atoms with E-state index in [4.69, 9.17) is 14.2 Å². The highest BCUT2D eigenvalue weighted by Gasteiger charge is 2.14. The van der Waals surface area contributed by atoms with Crippen molar-refractivity contribution in [1.29, 1.82) is 5.26 Å². The summed E-state index contributed by atoms with van der Waals surface area (Å²) in [5.41, 5.74) is 1.64. The van der Waals surface area contributed by atoms with Crippen LogP contribution in [0.5, 0.6) is 17.2 Å². The highest BCUT2D eigenvalue weighted by molar-refractivity contribution is 6.02. The van der Waals surface area contributed by atoms with E-state index >= 15 is 0 Å². The molecule has 2 aromatic rings. The van der Waals surface area contributed by atoms with E-state index in [1.54, 1.807) is 12.1 Å². The molecule has 0 heterocycles. The third-order valence-electron chi connectivity index (χ3n) is 3.94. The molecule has 0 spiro atoms. The van der Waals surface area contributed by atoms with Gasteiger partial charge in [-0.2, -0.15) is 5.26 Å². The molecule has 0 saturated carbocycles. The maximum absolute atomic E-state index is 12.3. The summed E-state index contributed by atoms with van der Waals surface area (Å²) < 4.78 is 15.8. The molecule has 0 bridgehead atoms. The lowest BCUT2D eigenvalue weighted by Crippen LogP contribution is -2.26. The number of methoxy groups -OCH3 is 3. The van der Waals surface area contributed by atoms with E-state index in [0.29, 0.717) is 35.8 Å². The maximum Gasteiger partial charge on any atom is 0.261 e. The van der Waals surface area contributed by atoms with Crippen LogP contribution < -0.4 is 19.5 Å². The highest BCUT2D eigenvalue weighted by Crippen LogP contribution is 2.35. The van der Waals surface area contributed by atoms with Crippen molar-refractivity contribution in [3.8, 4) is 23.3 Å². The Morgan fingerprint density at radius 1 is 1.04 bits per heavy atom. The van der Waals surface area contributed by atoms with Crippen LogP contribution in [-0.2, 0) is 11.2 Å². The first-order valence-corrected chi connectivity index (χ1v) is 8.36. The van der Waals surface area contributed by atoms with Crippen molar-refractivity contribution in [1.82, 2.24) is 5.32 Å². The minimum absolute atomic E-state index is 0.0198. The Morgan fingerprint density at radius 2 is 1.67 bits per heavy atom. The average Bonchev–Trinajstić information content (AvgIpc) is 2.71. The van der Waals surface area contributed by atoms with E-state index < -0.39 is 5.91 Å². The lowest BCUT2D eigenvalue weighted by Gasteiger charge is -2.12. The number of benzene rings is 2. The number of hydrogen-bond donors (Lipinski definition) is 1. The van der Waals surface area contributed by atoms with Gasteiger partial charge in [-0.05, 0) is 24.1 Å². The van der Waals surface area contributed by atoms with E-state index in [2.05, 4.69) is 5.32 Å². The van der Waals surface area contributed by atoms with E-state index in [1.807, 2.05) is 36.4 Å². The molecule has 2 aromatic carbocycles. The van der Waals surface area contributed by atoms with Crippen LogP contribution in [0.4, 0.5) is 0 Å². The number of rotatable bonds is 8. The number of amides is 1. The second-order valence-corrected chi connectivity index (χ2v) is 5.61. The Bertz CT molecular complexity index is 854. The summed E-state index contributed by atoms with van der Waals surface area (Å²) >= 11 is 0. The zero-order valence-electron chi connectivity index (χ0n) is 15.6. The summed E-state index contributed by atoms with van der Waals surface area (Å²) in [7, 11) is 4.54. The van der Waals surface area contributed by atoms with Crippen molar-refractivity contribution in [2.75, 3.05) is 27.9 Å². The van der Waals surface area contributed by atoms with Gasteiger partial charge in [0.1, 0.15) is 17.4 Å². The number of hydrogen-bond acceptors (Lipinski definition) is 5. The zero-order valence-corrected chi connectivity index (χ0v) is 15.6. The molecule has 0 aliphatic rings.